The Morgan fingerprint density at radius 2 is 2.07 bits per heavy atom. The molecule has 2 heterocycles. The van der Waals surface area contributed by atoms with Crippen molar-refractivity contribution in [1.82, 2.24) is 20.4 Å². The summed E-state index contributed by atoms with van der Waals surface area (Å²) in [6.07, 6.45) is 0. The van der Waals surface area contributed by atoms with E-state index in [0.29, 0.717) is 21.5 Å². The lowest BCUT2D eigenvalue weighted by Crippen LogP contribution is -2.42. The molecule has 0 spiro atoms. The quantitative estimate of drug-likeness (QED) is 0.751. The summed E-state index contributed by atoms with van der Waals surface area (Å²) in [6.45, 7) is 4.81. The van der Waals surface area contributed by atoms with Crippen molar-refractivity contribution in [3.8, 4) is 5.75 Å². The second-order valence-electron chi connectivity index (χ2n) is 6.31. The van der Waals surface area contributed by atoms with Crippen molar-refractivity contribution >= 4 is 34.3 Å². The van der Waals surface area contributed by atoms with Crippen LogP contribution in [0.5, 0.6) is 5.75 Å². The van der Waals surface area contributed by atoms with Crippen LogP contribution in [0.2, 0.25) is 0 Å². The van der Waals surface area contributed by atoms with Gasteiger partial charge in [0, 0.05) is 0 Å². The number of hydrogen-bond donors (Lipinski definition) is 2. The molecule has 0 radical (unpaired) electrons. The zero-order valence-corrected chi connectivity index (χ0v) is 16.1. The van der Waals surface area contributed by atoms with Gasteiger partial charge in [0.05, 0.1) is 7.11 Å². The predicted molar refractivity (Wildman–Crippen MR) is 98.6 cm³/mol. The van der Waals surface area contributed by atoms with E-state index in [2.05, 4.69) is 20.8 Å². The number of nitrogens with one attached hydrogen (secondary N) is 2. The first-order valence-electron chi connectivity index (χ1n) is 8.14. The molecule has 1 aliphatic rings. The van der Waals surface area contributed by atoms with Crippen molar-refractivity contribution in [1.29, 1.82) is 0 Å². The molecule has 2 aromatic rings. The van der Waals surface area contributed by atoms with Crippen molar-refractivity contribution in [3.05, 3.63) is 34.3 Å². The standard InChI is InChI=1S/C17H19N5O4S/c1-9-7-11(5-6-12(9)26-4)17(3)14(24)22(16(25)19-17)8-13(23)18-15-21-20-10(2)27-15/h5-7H,8H2,1-4H3,(H,19,25)(H,18,21,23). The van der Waals surface area contributed by atoms with Gasteiger partial charge in [-0.15, -0.1) is 10.2 Å². The number of carbonyl (C=O) groups excluding carboxylic acids is 3. The largest absolute Gasteiger partial charge is 0.496 e. The van der Waals surface area contributed by atoms with E-state index in [1.807, 2.05) is 6.92 Å². The maximum atomic E-state index is 12.9. The van der Waals surface area contributed by atoms with Gasteiger partial charge in [-0.1, -0.05) is 17.4 Å². The van der Waals surface area contributed by atoms with E-state index in [0.717, 1.165) is 10.5 Å². The van der Waals surface area contributed by atoms with Gasteiger partial charge in [-0.05, 0) is 44.0 Å². The van der Waals surface area contributed by atoms with Crippen LogP contribution in [0.25, 0.3) is 0 Å². The molecule has 10 heteroatoms. The Bertz CT molecular complexity index is 928. The Kier molecular flexibility index (Phi) is 4.83. The normalized spacial score (nSPS) is 19.2. The average Bonchev–Trinajstić information content (AvgIpc) is 3.11. The van der Waals surface area contributed by atoms with Crippen LogP contribution in [0.3, 0.4) is 0 Å². The maximum absolute atomic E-state index is 12.9. The minimum Gasteiger partial charge on any atom is -0.496 e. The molecule has 0 saturated carbocycles. The lowest BCUT2D eigenvalue weighted by atomic mass is 9.90. The highest BCUT2D eigenvalue weighted by molar-refractivity contribution is 7.15. The van der Waals surface area contributed by atoms with E-state index < -0.39 is 29.9 Å². The maximum Gasteiger partial charge on any atom is 0.325 e. The number of urea groups is 1. The topological polar surface area (TPSA) is 114 Å². The lowest BCUT2D eigenvalue weighted by molar-refractivity contribution is -0.133. The number of benzene rings is 1. The van der Waals surface area contributed by atoms with E-state index in [9.17, 15) is 14.4 Å². The molecule has 1 unspecified atom stereocenters. The van der Waals surface area contributed by atoms with Crippen LogP contribution in [0.4, 0.5) is 9.93 Å². The van der Waals surface area contributed by atoms with Gasteiger partial charge in [0.25, 0.3) is 5.91 Å². The number of ether oxygens (including phenoxy) is 1. The number of anilines is 1. The van der Waals surface area contributed by atoms with E-state index in [4.69, 9.17) is 4.74 Å². The molecule has 0 bridgehead atoms. The molecule has 0 aliphatic carbocycles. The van der Waals surface area contributed by atoms with Gasteiger partial charge in [-0.25, -0.2) is 4.79 Å². The molecule has 142 valence electrons. The molecule has 1 aromatic carbocycles. The molecule has 9 nitrogen and oxygen atoms in total. The lowest BCUT2D eigenvalue weighted by Gasteiger charge is -2.23. The molecule has 1 aliphatic heterocycles. The third-order valence-electron chi connectivity index (χ3n) is 4.32. The minimum absolute atomic E-state index is 0.318. The van der Waals surface area contributed by atoms with Crippen LogP contribution >= 0.6 is 11.3 Å². The minimum atomic E-state index is -1.26. The van der Waals surface area contributed by atoms with Crippen LogP contribution < -0.4 is 15.4 Å². The number of hydrogen-bond acceptors (Lipinski definition) is 7. The number of methoxy groups -OCH3 is 1. The van der Waals surface area contributed by atoms with Gasteiger partial charge in [0.2, 0.25) is 11.0 Å². The van der Waals surface area contributed by atoms with Gasteiger partial charge in [0.15, 0.2) is 0 Å². The summed E-state index contributed by atoms with van der Waals surface area (Å²) < 4.78 is 5.23. The van der Waals surface area contributed by atoms with E-state index in [1.165, 1.54) is 11.3 Å². The van der Waals surface area contributed by atoms with Crippen molar-refractivity contribution < 1.29 is 19.1 Å². The number of aromatic nitrogens is 2. The van der Waals surface area contributed by atoms with E-state index >= 15 is 0 Å². The summed E-state index contributed by atoms with van der Waals surface area (Å²) >= 11 is 1.21. The number of aryl methyl sites for hydroxylation is 2. The zero-order chi connectivity index (χ0) is 19.8. The fourth-order valence-electron chi connectivity index (χ4n) is 2.88. The van der Waals surface area contributed by atoms with Gasteiger partial charge < -0.3 is 10.1 Å². The second kappa shape index (κ2) is 6.95. The highest BCUT2D eigenvalue weighted by Gasteiger charge is 2.49. The first-order chi connectivity index (χ1) is 12.7. The first-order valence-corrected chi connectivity index (χ1v) is 8.95. The van der Waals surface area contributed by atoms with Gasteiger partial charge in [-0.3, -0.25) is 19.8 Å². The van der Waals surface area contributed by atoms with Crippen LogP contribution in [-0.2, 0) is 15.1 Å². The third kappa shape index (κ3) is 3.47. The van der Waals surface area contributed by atoms with Gasteiger partial charge in [-0.2, -0.15) is 0 Å². The smallest absolute Gasteiger partial charge is 0.325 e. The Hall–Kier alpha value is -3.01. The molecule has 3 rings (SSSR count). The molecule has 1 fully saturated rings. The molecular formula is C17H19N5O4S. The van der Waals surface area contributed by atoms with Crippen LogP contribution in [0.1, 0.15) is 23.1 Å². The van der Waals surface area contributed by atoms with E-state index in [-0.39, 0.29) is 0 Å². The van der Waals surface area contributed by atoms with Gasteiger partial charge in [0.1, 0.15) is 22.8 Å². The summed E-state index contributed by atoms with van der Waals surface area (Å²) in [4.78, 5) is 38.3. The fourth-order valence-corrected chi connectivity index (χ4v) is 3.48. The van der Waals surface area contributed by atoms with Crippen LogP contribution in [0.15, 0.2) is 18.2 Å². The number of nitrogens with zero attached hydrogens (tertiary/aromatic N) is 3. The SMILES string of the molecule is COc1ccc(C2(C)NC(=O)N(CC(=O)Nc3nnc(C)s3)C2=O)cc1C. The summed E-state index contributed by atoms with van der Waals surface area (Å²) in [5, 5.41) is 13.8. The Morgan fingerprint density at radius 1 is 1.33 bits per heavy atom. The zero-order valence-electron chi connectivity index (χ0n) is 15.3. The van der Waals surface area contributed by atoms with Crippen LogP contribution in [-0.4, -0.2) is 46.6 Å². The molecule has 2 N–H and O–H groups in total. The monoisotopic (exact) mass is 389 g/mol. The number of carbonyl (C=O) groups is 3. The fraction of sp³-hybridized carbons (Fsp3) is 0.353. The Labute approximate surface area is 159 Å². The summed E-state index contributed by atoms with van der Waals surface area (Å²) in [7, 11) is 1.56. The molecular weight excluding hydrogens is 370 g/mol. The van der Waals surface area contributed by atoms with Crippen molar-refractivity contribution in [2.24, 2.45) is 0 Å². The van der Waals surface area contributed by atoms with Crippen molar-refractivity contribution in [2.75, 3.05) is 19.0 Å². The molecule has 27 heavy (non-hydrogen) atoms. The number of rotatable bonds is 5. The Balaban J connectivity index is 1.77. The summed E-state index contributed by atoms with van der Waals surface area (Å²) in [5.41, 5.74) is 0.191. The molecule has 4 amide bonds. The first kappa shape index (κ1) is 18.8. The second-order valence-corrected chi connectivity index (χ2v) is 7.49. The molecule has 1 saturated heterocycles. The Morgan fingerprint density at radius 3 is 2.67 bits per heavy atom. The predicted octanol–water partition coefficient (Wildman–Crippen LogP) is 1.57. The molecule has 1 atom stereocenters. The highest BCUT2D eigenvalue weighted by Crippen LogP contribution is 2.31. The summed E-state index contributed by atoms with van der Waals surface area (Å²) in [6, 6.07) is 4.62. The van der Waals surface area contributed by atoms with E-state index in [1.54, 1.807) is 39.2 Å². The number of imide groups is 1. The van der Waals surface area contributed by atoms with Gasteiger partial charge >= 0.3 is 6.03 Å². The molecule has 1 aromatic heterocycles. The number of amides is 4. The highest BCUT2D eigenvalue weighted by atomic mass is 32.1. The van der Waals surface area contributed by atoms with Crippen molar-refractivity contribution in [2.45, 2.75) is 26.3 Å². The van der Waals surface area contributed by atoms with Crippen LogP contribution in [0, 0.1) is 13.8 Å². The average molecular weight is 389 g/mol. The summed E-state index contributed by atoms with van der Waals surface area (Å²) in [5.74, 6) is -0.340. The van der Waals surface area contributed by atoms with Crippen molar-refractivity contribution in [3.63, 3.8) is 0 Å². The third-order valence-corrected chi connectivity index (χ3v) is 5.08.